The van der Waals surface area contributed by atoms with Gasteiger partial charge >= 0.3 is 12.1 Å². The summed E-state index contributed by atoms with van der Waals surface area (Å²) in [5.74, 6) is -1.32. The number of carboxylic acids is 1. The molecule has 0 unspecified atom stereocenters. The minimum absolute atomic E-state index is 0.0848. The molecule has 0 fully saturated rings. The molecule has 0 amide bonds. The van der Waals surface area contributed by atoms with E-state index in [1.165, 1.54) is 0 Å². The molecule has 1 rings (SSSR count). The van der Waals surface area contributed by atoms with Crippen LogP contribution >= 0.6 is 11.3 Å². The largest absolute Gasteiger partial charge is 0.480 e. The third-order valence-electron chi connectivity index (χ3n) is 1.87. The highest BCUT2D eigenvalue weighted by atomic mass is 32.1. The number of aliphatic carboxylic acids is 1. The topological polar surface area (TPSA) is 53.4 Å². The molecule has 96 valence electrons. The van der Waals surface area contributed by atoms with E-state index in [0.29, 0.717) is 17.0 Å². The van der Waals surface area contributed by atoms with Gasteiger partial charge in [-0.2, -0.15) is 13.2 Å². The predicted molar refractivity (Wildman–Crippen MR) is 57.4 cm³/mol. The third kappa shape index (κ3) is 4.59. The Balaban J connectivity index is 2.85. The summed E-state index contributed by atoms with van der Waals surface area (Å²) in [4.78, 5) is 15.2. The second kappa shape index (κ2) is 5.35. The van der Waals surface area contributed by atoms with Crippen LogP contribution in [0.15, 0.2) is 5.38 Å². The van der Waals surface area contributed by atoms with Gasteiger partial charge in [0.2, 0.25) is 0 Å². The van der Waals surface area contributed by atoms with Crippen LogP contribution < -0.4 is 4.90 Å². The Kier molecular flexibility index (Phi) is 4.33. The summed E-state index contributed by atoms with van der Waals surface area (Å²) in [7, 11) is 0. The molecule has 8 heteroatoms. The van der Waals surface area contributed by atoms with Crippen LogP contribution in [0, 0.1) is 0 Å². The molecule has 0 aliphatic rings. The van der Waals surface area contributed by atoms with Crippen molar-refractivity contribution >= 4 is 22.4 Å². The number of aryl methyl sites for hydroxylation is 1. The van der Waals surface area contributed by atoms with Gasteiger partial charge in [0.15, 0.2) is 5.13 Å². The van der Waals surface area contributed by atoms with Crippen LogP contribution in [0.4, 0.5) is 18.3 Å². The van der Waals surface area contributed by atoms with Gasteiger partial charge in [0.05, 0.1) is 5.69 Å². The van der Waals surface area contributed by atoms with Crippen molar-refractivity contribution in [3.63, 3.8) is 0 Å². The van der Waals surface area contributed by atoms with Crippen LogP contribution in [-0.4, -0.2) is 35.3 Å². The van der Waals surface area contributed by atoms with E-state index in [1.807, 2.05) is 6.92 Å². The van der Waals surface area contributed by atoms with Gasteiger partial charge in [-0.1, -0.05) is 6.92 Å². The highest BCUT2D eigenvalue weighted by Crippen LogP contribution is 2.25. The number of halogens is 3. The molecule has 17 heavy (non-hydrogen) atoms. The smallest absolute Gasteiger partial charge is 0.406 e. The van der Waals surface area contributed by atoms with Crippen LogP contribution in [0.2, 0.25) is 0 Å². The van der Waals surface area contributed by atoms with E-state index in [0.717, 1.165) is 11.3 Å². The fraction of sp³-hybridized carbons (Fsp3) is 0.556. The number of hydrogen-bond donors (Lipinski definition) is 1. The maximum absolute atomic E-state index is 12.3. The summed E-state index contributed by atoms with van der Waals surface area (Å²) in [6, 6.07) is 0. The number of alkyl halides is 3. The first-order valence-corrected chi connectivity index (χ1v) is 5.67. The van der Waals surface area contributed by atoms with Crippen LogP contribution in [0.3, 0.4) is 0 Å². The first-order chi connectivity index (χ1) is 7.81. The Hall–Kier alpha value is -1.31. The molecule has 0 saturated carbocycles. The second-order valence-electron chi connectivity index (χ2n) is 3.34. The third-order valence-corrected chi connectivity index (χ3v) is 2.82. The summed E-state index contributed by atoms with van der Waals surface area (Å²) >= 11 is 1.02. The highest BCUT2D eigenvalue weighted by Gasteiger charge is 2.32. The summed E-state index contributed by atoms with van der Waals surface area (Å²) < 4.78 is 36.8. The molecular formula is C9H11F3N2O2S. The number of thiazole rings is 1. The average molecular weight is 268 g/mol. The number of rotatable bonds is 5. The molecule has 4 nitrogen and oxygen atoms in total. The van der Waals surface area contributed by atoms with E-state index in [9.17, 15) is 18.0 Å². The normalized spacial score (nSPS) is 11.5. The molecule has 0 spiro atoms. The van der Waals surface area contributed by atoms with Gasteiger partial charge < -0.3 is 10.0 Å². The predicted octanol–water partition coefficient (Wildman–Crippen LogP) is 2.16. The SMILES string of the molecule is CCc1csc(N(CC(=O)O)CC(F)(F)F)n1. The molecule has 0 aliphatic heterocycles. The fourth-order valence-electron chi connectivity index (χ4n) is 1.17. The minimum atomic E-state index is -4.45. The van der Waals surface area contributed by atoms with E-state index in [1.54, 1.807) is 5.38 Å². The molecule has 1 heterocycles. The lowest BCUT2D eigenvalue weighted by molar-refractivity contribution is -0.136. The number of carboxylic acid groups (broad SMARTS) is 1. The number of nitrogens with zero attached hydrogens (tertiary/aromatic N) is 2. The number of carbonyl (C=O) groups is 1. The van der Waals surface area contributed by atoms with Crippen molar-refractivity contribution in [2.24, 2.45) is 0 Å². The minimum Gasteiger partial charge on any atom is -0.480 e. The molecule has 0 aromatic carbocycles. The van der Waals surface area contributed by atoms with Crippen molar-refractivity contribution in [3.8, 4) is 0 Å². The van der Waals surface area contributed by atoms with Crippen molar-refractivity contribution in [2.75, 3.05) is 18.0 Å². The monoisotopic (exact) mass is 268 g/mol. The Morgan fingerprint density at radius 2 is 2.24 bits per heavy atom. The van der Waals surface area contributed by atoms with Crippen molar-refractivity contribution in [1.29, 1.82) is 0 Å². The van der Waals surface area contributed by atoms with Crippen LogP contribution in [-0.2, 0) is 11.2 Å². The second-order valence-corrected chi connectivity index (χ2v) is 4.18. The Bertz CT molecular complexity index is 392. The molecular weight excluding hydrogens is 257 g/mol. The van der Waals surface area contributed by atoms with Gasteiger partial charge in [-0.3, -0.25) is 4.79 Å². The van der Waals surface area contributed by atoms with E-state index >= 15 is 0 Å². The lowest BCUT2D eigenvalue weighted by Crippen LogP contribution is -2.37. The van der Waals surface area contributed by atoms with E-state index < -0.39 is 25.2 Å². The molecule has 1 N–H and O–H groups in total. The maximum Gasteiger partial charge on any atom is 0.406 e. The Morgan fingerprint density at radius 1 is 1.59 bits per heavy atom. The highest BCUT2D eigenvalue weighted by molar-refractivity contribution is 7.13. The standard InChI is InChI=1S/C9H11F3N2O2S/c1-2-6-4-17-8(13-6)14(3-7(15)16)5-9(10,11)12/h4H,2-3,5H2,1H3,(H,15,16). The number of hydrogen-bond acceptors (Lipinski definition) is 4. The van der Waals surface area contributed by atoms with Gasteiger partial charge in [-0.15, -0.1) is 11.3 Å². The van der Waals surface area contributed by atoms with Crippen molar-refractivity contribution in [1.82, 2.24) is 4.98 Å². The summed E-state index contributed by atoms with van der Waals surface area (Å²) in [5, 5.41) is 10.3. The van der Waals surface area contributed by atoms with Crippen molar-refractivity contribution in [3.05, 3.63) is 11.1 Å². The molecule has 0 bridgehead atoms. The summed E-state index contributed by atoms with van der Waals surface area (Å²) in [6.07, 6.45) is -3.85. The summed E-state index contributed by atoms with van der Waals surface area (Å²) in [6.45, 7) is -0.198. The zero-order valence-corrected chi connectivity index (χ0v) is 9.81. The van der Waals surface area contributed by atoms with E-state index in [-0.39, 0.29) is 5.13 Å². The van der Waals surface area contributed by atoms with Gasteiger partial charge in [0, 0.05) is 5.38 Å². The lowest BCUT2D eigenvalue weighted by Gasteiger charge is -2.20. The zero-order valence-electron chi connectivity index (χ0n) is 8.99. The molecule has 1 aromatic heterocycles. The van der Waals surface area contributed by atoms with Crippen molar-refractivity contribution in [2.45, 2.75) is 19.5 Å². The average Bonchev–Trinajstić information content (AvgIpc) is 2.61. The lowest BCUT2D eigenvalue weighted by atomic mass is 10.4. The van der Waals surface area contributed by atoms with E-state index in [4.69, 9.17) is 5.11 Å². The maximum atomic E-state index is 12.3. The first kappa shape index (κ1) is 13.8. The van der Waals surface area contributed by atoms with Crippen LogP contribution in [0.5, 0.6) is 0 Å². The number of anilines is 1. The molecule has 1 aromatic rings. The summed E-state index contributed by atoms with van der Waals surface area (Å²) in [5.41, 5.74) is 0.655. The molecule has 0 radical (unpaired) electrons. The van der Waals surface area contributed by atoms with E-state index in [2.05, 4.69) is 4.98 Å². The first-order valence-electron chi connectivity index (χ1n) is 4.79. The molecule has 0 atom stereocenters. The Labute approximate surface area is 99.7 Å². The van der Waals surface area contributed by atoms with Gasteiger partial charge in [-0.25, -0.2) is 4.98 Å². The Morgan fingerprint density at radius 3 is 2.65 bits per heavy atom. The van der Waals surface area contributed by atoms with Gasteiger partial charge in [0.1, 0.15) is 13.1 Å². The number of aromatic nitrogens is 1. The zero-order chi connectivity index (χ0) is 13.1. The van der Waals surface area contributed by atoms with Crippen LogP contribution in [0.25, 0.3) is 0 Å². The van der Waals surface area contributed by atoms with Crippen LogP contribution in [0.1, 0.15) is 12.6 Å². The van der Waals surface area contributed by atoms with Gasteiger partial charge in [-0.05, 0) is 6.42 Å². The van der Waals surface area contributed by atoms with Crippen molar-refractivity contribution < 1.29 is 23.1 Å². The van der Waals surface area contributed by atoms with Gasteiger partial charge in [0.25, 0.3) is 0 Å². The molecule has 0 saturated heterocycles. The quantitative estimate of drug-likeness (QED) is 0.889. The fourth-order valence-corrected chi connectivity index (χ4v) is 2.08. The molecule has 0 aliphatic carbocycles.